The second-order valence-electron chi connectivity index (χ2n) is 9.55. The Morgan fingerprint density at radius 3 is 2.45 bits per heavy atom. The number of carbonyl (C=O) groups is 1. The zero-order valence-electron chi connectivity index (χ0n) is 19.4. The second-order valence-corrected chi connectivity index (χ2v) is 12.2. The van der Waals surface area contributed by atoms with Crippen molar-refractivity contribution < 1.29 is 15.0 Å². The second kappa shape index (κ2) is 13.2. The van der Waals surface area contributed by atoms with Gasteiger partial charge >= 0.3 is 5.97 Å². The van der Waals surface area contributed by atoms with E-state index < -0.39 is 5.97 Å². The van der Waals surface area contributed by atoms with Crippen LogP contribution in [0.3, 0.4) is 0 Å². The Kier molecular flexibility index (Phi) is 11.0. The molecule has 1 heterocycles. The van der Waals surface area contributed by atoms with Gasteiger partial charge in [-0.3, -0.25) is 0 Å². The van der Waals surface area contributed by atoms with Crippen LogP contribution in [0.1, 0.15) is 96.0 Å². The van der Waals surface area contributed by atoms with Crippen LogP contribution >= 0.6 is 56.5 Å². The van der Waals surface area contributed by atoms with Crippen LogP contribution in [-0.4, -0.2) is 25.0 Å². The Morgan fingerprint density at radius 1 is 1.12 bits per heavy atom. The number of aromatic carboxylic acids is 1. The van der Waals surface area contributed by atoms with Crippen molar-refractivity contribution in [2.45, 2.75) is 76.7 Å². The summed E-state index contributed by atoms with van der Waals surface area (Å²) in [6.07, 6.45) is 9.71. The third-order valence-electron chi connectivity index (χ3n) is 7.31. The zero-order valence-corrected chi connectivity index (χ0v) is 24.6. The molecule has 33 heavy (non-hydrogen) atoms. The average Bonchev–Trinajstić information content (AvgIpc) is 3.45. The molecule has 1 saturated carbocycles. The molecule has 2 N–H and O–H groups in total. The lowest BCUT2D eigenvalue weighted by Gasteiger charge is -2.35. The molecule has 3 nitrogen and oxygen atoms in total. The molecule has 3 rings (SSSR count). The summed E-state index contributed by atoms with van der Waals surface area (Å²) in [5.74, 6) is 0.388. The molecule has 1 aromatic heterocycles. The van der Waals surface area contributed by atoms with Crippen LogP contribution in [0.5, 0.6) is 0 Å². The molecule has 1 fully saturated rings. The Hall–Kier alpha value is -0.190. The summed E-state index contributed by atoms with van der Waals surface area (Å²) in [5.41, 5.74) is 2.82. The number of benzene rings is 1. The fourth-order valence-electron chi connectivity index (χ4n) is 5.41. The van der Waals surface area contributed by atoms with Crippen molar-refractivity contribution in [2.24, 2.45) is 11.3 Å². The first-order valence-corrected chi connectivity index (χ1v) is 16.0. The maximum Gasteiger partial charge on any atom is 0.345 e. The van der Waals surface area contributed by atoms with Crippen molar-refractivity contribution >= 4 is 62.5 Å². The Morgan fingerprint density at radius 2 is 1.85 bits per heavy atom. The number of unbranched alkanes of at least 4 members (excludes halogenated alkanes) is 2. The lowest BCUT2D eigenvalue weighted by molar-refractivity contribution is 0.0702. The molecule has 3 atom stereocenters. The highest BCUT2D eigenvalue weighted by atomic mass is 127. The highest BCUT2D eigenvalue weighted by Crippen LogP contribution is 2.56. The molecule has 1 aliphatic carbocycles. The average molecular weight is 694 g/mol. The molecule has 182 valence electrons. The zero-order chi connectivity index (χ0) is 23.8. The normalized spacial score (nSPS) is 20.7. The van der Waals surface area contributed by atoms with Crippen molar-refractivity contribution in [3.05, 3.63) is 57.3 Å². The number of carboxylic acids is 1. The van der Waals surface area contributed by atoms with E-state index in [4.69, 9.17) is 5.11 Å². The van der Waals surface area contributed by atoms with Gasteiger partial charge < -0.3 is 10.2 Å². The van der Waals surface area contributed by atoms with E-state index in [9.17, 15) is 9.90 Å². The van der Waals surface area contributed by atoms with Crippen LogP contribution in [-0.2, 0) is 6.42 Å². The van der Waals surface area contributed by atoms with E-state index >= 15 is 0 Å². The lowest BCUT2D eigenvalue weighted by Crippen LogP contribution is -2.30. The number of aliphatic hydroxyl groups is 1. The van der Waals surface area contributed by atoms with E-state index in [1.807, 2.05) is 6.07 Å². The van der Waals surface area contributed by atoms with Crippen molar-refractivity contribution in [3.63, 3.8) is 0 Å². The van der Waals surface area contributed by atoms with Crippen LogP contribution in [0, 0.1) is 11.3 Å². The lowest BCUT2D eigenvalue weighted by atomic mass is 9.73. The van der Waals surface area contributed by atoms with E-state index in [0.717, 1.165) is 31.2 Å². The topological polar surface area (TPSA) is 57.5 Å². The summed E-state index contributed by atoms with van der Waals surface area (Å²) in [4.78, 5) is 12.8. The van der Waals surface area contributed by atoms with Gasteiger partial charge in [-0.15, -0.1) is 11.3 Å². The summed E-state index contributed by atoms with van der Waals surface area (Å²) in [6, 6.07) is 12.6. The smallest absolute Gasteiger partial charge is 0.345 e. The monoisotopic (exact) mass is 694 g/mol. The van der Waals surface area contributed by atoms with Gasteiger partial charge in [0.25, 0.3) is 0 Å². The molecule has 0 saturated heterocycles. The first-order valence-electron chi connectivity index (χ1n) is 12.2. The number of thiophene rings is 1. The fourth-order valence-corrected chi connectivity index (χ4v) is 9.58. The molecular weight excluding hydrogens is 658 g/mol. The first-order chi connectivity index (χ1) is 15.9. The van der Waals surface area contributed by atoms with Crippen molar-refractivity contribution in [1.82, 2.24) is 0 Å². The van der Waals surface area contributed by atoms with E-state index in [1.54, 1.807) is 6.07 Å². The van der Waals surface area contributed by atoms with Crippen LogP contribution in [0.2, 0.25) is 0 Å². The van der Waals surface area contributed by atoms with E-state index in [1.165, 1.54) is 62.7 Å². The van der Waals surface area contributed by atoms with Gasteiger partial charge in [0.2, 0.25) is 0 Å². The maximum absolute atomic E-state index is 11.2. The molecule has 6 heteroatoms. The molecule has 0 bridgehead atoms. The summed E-state index contributed by atoms with van der Waals surface area (Å²) >= 11 is 6.59. The number of hydrogen-bond acceptors (Lipinski definition) is 3. The van der Waals surface area contributed by atoms with Gasteiger partial charge in [0.15, 0.2) is 0 Å². The quantitative estimate of drug-likeness (QED) is 0.126. The molecule has 0 spiro atoms. The standard InChI is InChI=1S/C27H36I2O3S/c1-2-3-4-8-23(30)19-9-11-21(12-10-19)25-20(15-16-27(25,17-28)18-29)6-5-7-22-13-14-24(33-22)26(31)32/h9-14,20,23,25,30H,2-8,15-18H2,1H3,(H,31,32). The SMILES string of the molecule is CCCCCC(O)c1ccc(C2C(CCCc3ccc(C(=O)O)s3)CCC2(CI)CI)cc1. The Balaban J connectivity index is 1.69. The van der Waals surface area contributed by atoms with Crippen LogP contribution in [0.15, 0.2) is 36.4 Å². The van der Waals surface area contributed by atoms with Crippen molar-refractivity contribution in [1.29, 1.82) is 0 Å². The predicted octanol–water partition coefficient (Wildman–Crippen LogP) is 8.43. The van der Waals surface area contributed by atoms with Crippen LogP contribution in [0.4, 0.5) is 0 Å². The summed E-state index contributed by atoms with van der Waals surface area (Å²) in [6.45, 7) is 2.19. The number of halogens is 2. The molecule has 1 aromatic carbocycles. The number of aliphatic hydroxyl groups excluding tert-OH is 1. The van der Waals surface area contributed by atoms with E-state index in [2.05, 4.69) is 76.4 Å². The molecule has 3 unspecified atom stereocenters. The summed E-state index contributed by atoms with van der Waals surface area (Å²) in [7, 11) is 0. The minimum Gasteiger partial charge on any atom is -0.477 e. The number of aryl methyl sites for hydroxylation is 1. The van der Waals surface area contributed by atoms with Crippen molar-refractivity contribution in [2.75, 3.05) is 8.86 Å². The van der Waals surface area contributed by atoms with Gasteiger partial charge in [0.05, 0.1) is 6.10 Å². The van der Waals surface area contributed by atoms with Gasteiger partial charge in [-0.2, -0.15) is 0 Å². The number of rotatable bonds is 13. The highest BCUT2D eigenvalue weighted by molar-refractivity contribution is 14.1. The molecule has 0 amide bonds. The van der Waals surface area contributed by atoms with E-state index in [-0.39, 0.29) is 6.10 Å². The minimum absolute atomic E-state index is 0.340. The van der Waals surface area contributed by atoms with Crippen LogP contribution in [0.25, 0.3) is 0 Å². The molecular formula is C27H36I2O3S. The first kappa shape index (κ1) is 27.4. The molecule has 2 aromatic rings. The summed E-state index contributed by atoms with van der Waals surface area (Å²) in [5, 5.41) is 19.7. The largest absolute Gasteiger partial charge is 0.477 e. The van der Waals surface area contributed by atoms with E-state index in [0.29, 0.717) is 22.1 Å². The van der Waals surface area contributed by atoms with Gasteiger partial charge in [-0.1, -0.05) is 95.6 Å². The Labute approximate surface area is 230 Å². The molecule has 1 aliphatic rings. The highest BCUT2D eigenvalue weighted by Gasteiger charge is 2.47. The number of carboxylic acid groups (broad SMARTS) is 1. The maximum atomic E-state index is 11.2. The predicted molar refractivity (Wildman–Crippen MR) is 155 cm³/mol. The molecule has 0 radical (unpaired) electrons. The molecule has 0 aliphatic heterocycles. The third-order valence-corrected chi connectivity index (χ3v) is 11.5. The van der Waals surface area contributed by atoms with Crippen molar-refractivity contribution in [3.8, 4) is 0 Å². The number of hydrogen-bond donors (Lipinski definition) is 2. The number of alkyl halides is 2. The minimum atomic E-state index is -0.824. The van der Waals surface area contributed by atoms with Crippen LogP contribution < -0.4 is 0 Å². The van der Waals surface area contributed by atoms with Gasteiger partial charge in [-0.25, -0.2) is 4.79 Å². The van der Waals surface area contributed by atoms with Gasteiger partial charge in [0, 0.05) is 13.7 Å². The fraction of sp³-hybridized carbons (Fsp3) is 0.593. The Bertz CT molecular complexity index is 876. The third kappa shape index (κ3) is 6.94. The van der Waals surface area contributed by atoms with Gasteiger partial charge in [-0.05, 0) is 79.0 Å². The van der Waals surface area contributed by atoms with Gasteiger partial charge in [0.1, 0.15) is 4.88 Å². The summed E-state index contributed by atoms with van der Waals surface area (Å²) < 4.78 is 2.34.